The van der Waals surface area contributed by atoms with Gasteiger partial charge in [0.25, 0.3) is 5.91 Å². The topological polar surface area (TPSA) is 58.6 Å². The maximum Gasteiger partial charge on any atom is 0.261 e. The van der Waals surface area contributed by atoms with Gasteiger partial charge < -0.3 is 15.0 Å². The third kappa shape index (κ3) is 7.38. The summed E-state index contributed by atoms with van der Waals surface area (Å²) in [7, 11) is 0. The number of carbonyl (C=O) groups is 2. The predicted molar refractivity (Wildman–Crippen MR) is 152 cm³/mol. The summed E-state index contributed by atoms with van der Waals surface area (Å²) in [6, 6.07) is 21.1. The maximum atomic E-state index is 13.8. The van der Waals surface area contributed by atoms with Gasteiger partial charge in [0, 0.05) is 24.0 Å². The SMILES string of the molecule is Cc1cccc(CN(C(=O)COc2cc(C)c(Cl)c(C)c2)C(Cc2ccccc2)C(=O)NC2CCCC2)c1. The summed E-state index contributed by atoms with van der Waals surface area (Å²) in [5.41, 5.74) is 4.87. The van der Waals surface area contributed by atoms with Gasteiger partial charge in [0.15, 0.2) is 6.61 Å². The molecule has 0 spiro atoms. The largest absolute Gasteiger partial charge is 0.484 e. The number of rotatable bonds is 10. The Hall–Kier alpha value is -3.31. The Kier molecular flexibility index (Phi) is 9.46. The van der Waals surface area contributed by atoms with Crippen molar-refractivity contribution >= 4 is 23.4 Å². The number of nitrogens with zero attached hydrogens (tertiary/aromatic N) is 1. The number of hydrogen-bond acceptors (Lipinski definition) is 3. The van der Waals surface area contributed by atoms with Gasteiger partial charge in [-0.1, -0.05) is 84.6 Å². The van der Waals surface area contributed by atoms with Gasteiger partial charge in [0.05, 0.1) is 0 Å². The Morgan fingerprint density at radius 3 is 2.26 bits per heavy atom. The summed E-state index contributed by atoms with van der Waals surface area (Å²) in [6.45, 7) is 6.00. The zero-order chi connectivity index (χ0) is 27.1. The molecule has 0 aromatic heterocycles. The fraction of sp³-hybridized carbons (Fsp3) is 0.375. The minimum atomic E-state index is -0.664. The van der Waals surface area contributed by atoms with Crippen LogP contribution in [-0.2, 0) is 22.6 Å². The van der Waals surface area contributed by atoms with E-state index >= 15 is 0 Å². The highest BCUT2D eigenvalue weighted by molar-refractivity contribution is 6.32. The van der Waals surface area contributed by atoms with Crippen LogP contribution in [0, 0.1) is 20.8 Å². The predicted octanol–water partition coefficient (Wildman–Crippen LogP) is 6.34. The molecule has 6 heteroatoms. The van der Waals surface area contributed by atoms with Crippen molar-refractivity contribution in [3.63, 3.8) is 0 Å². The minimum absolute atomic E-state index is 0.111. The number of carbonyl (C=O) groups excluding carboxylic acids is 2. The Labute approximate surface area is 231 Å². The van der Waals surface area contributed by atoms with Gasteiger partial charge in [-0.25, -0.2) is 0 Å². The molecule has 200 valence electrons. The number of nitrogens with one attached hydrogen (secondary N) is 1. The third-order valence-corrected chi connectivity index (χ3v) is 7.78. The quantitative estimate of drug-likeness (QED) is 0.331. The monoisotopic (exact) mass is 532 g/mol. The van der Waals surface area contributed by atoms with Crippen LogP contribution in [0.4, 0.5) is 0 Å². The van der Waals surface area contributed by atoms with E-state index in [9.17, 15) is 9.59 Å². The number of hydrogen-bond donors (Lipinski definition) is 1. The summed E-state index contributed by atoms with van der Waals surface area (Å²) < 4.78 is 5.96. The highest BCUT2D eigenvalue weighted by Crippen LogP contribution is 2.26. The molecule has 3 aromatic rings. The van der Waals surface area contributed by atoms with E-state index in [1.807, 2.05) is 81.4 Å². The Balaban J connectivity index is 1.62. The van der Waals surface area contributed by atoms with Crippen LogP contribution in [0.15, 0.2) is 66.7 Å². The lowest BCUT2D eigenvalue weighted by atomic mass is 10.0. The fourth-order valence-electron chi connectivity index (χ4n) is 5.15. The van der Waals surface area contributed by atoms with Crippen LogP contribution in [0.2, 0.25) is 5.02 Å². The van der Waals surface area contributed by atoms with Gasteiger partial charge >= 0.3 is 0 Å². The standard InChI is InChI=1S/C32H37ClN2O3/c1-22-10-9-13-26(16-22)20-35(30(36)21-38-28-17-23(2)31(33)24(3)18-28)29(19-25-11-5-4-6-12-25)32(37)34-27-14-7-8-15-27/h4-6,9-13,16-18,27,29H,7-8,14-15,19-21H2,1-3H3,(H,34,37). The lowest BCUT2D eigenvalue weighted by Crippen LogP contribution is -2.53. The zero-order valence-electron chi connectivity index (χ0n) is 22.5. The van der Waals surface area contributed by atoms with E-state index in [-0.39, 0.29) is 24.5 Å². The van der Waals surface area contributed by atoms with E-state index in [4.69, 9.17) is 16.3 Å². The van der Waals surface area contributed by atoms with Crippen molar-refractivity contribution in [2.75, 3.05) is 6.61 Å². The van der Waals surface area contributed by atoms with Crippen molar-refractivity contribution in [2.24, 2.45) is 0 Å². The highest BCUT2D eigenvalue weighted by atomic mass is 35.5. The molecule has 4 rings (SSSR count). The van der Waals surface area contributed by atoms with Crippen LogP contribution in [0.25, 0.3) is 0 Å². The first-order chi connectivity index (χ1) is 18.3. The summed E-state index contributed by atoms with van der Waals surface area (Å²) >= 11 is 6.31. The molecule has 1 saturated carbocycles. The maximum absolute atomic E-state index is 13.8. The second kappa shape index (κ2) is 13.0. The van der Waals surface area contributed by atoms with E-state index in [1.165, 1.54) is 0 Å². The second-order valence-corrected chi connectivity index (χ2v) is 10.7. The average Bonchev–Trinajstić information content (AvgIpc) is 3.41. The highest BCUT2D eigenvalue weighted by Gasteiger charge is 2.32. The Morgan fingerprint density at radius 1 is 0.947 bits per heavy atom. The van der Waals surface area contributed by atoms with Gasteiger partial charge in [0.1, 0.15) is 11.8 Å². The molecule has 0 radical (unpaired) electrons. The molecule has 1 aliphatic carbocycles. The molecule has 2 amide bonds. The lowest BCUT2D eigenvalue weighted by molar-refractivity contribution is -0.143. The van der Waals surface area contributed by atoms with Gasteiger partial charge in [-0.3, -0.25) is 9.59 Å². The van der Waals surface area contributed by atoms with E-state index in [2.05, 4.69) is 11.4 Å². The van der Waals surface area contributed by atoms with Crippen molar-refractivity contribution < 1.29 is 14.3 Å². The molecule has 5 nitrogen and oxygen atoms in total. The molecule has 1 unspecified atom stereocenters. The first kappa shape index (κ1) is 27.7. The van der Waals surface area contributed by atoms with Crippen molar-refractivity contribution in [3.8, 4) is 5.75 Å². The molecule has 1 atom stereocenters. The average molecular weight is 533 g/mol. The van der Waals surface area contributed by atoms with E-state index in [0.29, 0.717) is 23.7 Å². The van der Waals surface area contributed by atoms with E-state index in [1.54, 1.807) is 4.90 Å². The van der Waals surface area contributed by atoms with Crippen LogP contribution in [0.3, 0.4) is 0 Å². The molecule has 1 aliphatic rings. The van der Waals surface area contributed by atoms with Gasteiger partial charge in [-0.2, -0.15) is 0 Å². The normalized spacial score (nSPS) is 14.2. The van der Waals surface area contributed by atoms with Crippen LogP contribution in [-0.4, -0.2) is 35.4 Å². The van der Waals surface area contributed by atoms with Crippen LogP contribution in [0.1, 0.15) is 53.5 Å². The smallest absolute Gasteiger partial charge is 0.261 e. The van der Waals surface area contributed by atoms with Crippen LogP contribution in [0.5, 0.6) is 5.75 Å². The summed E-state index contributed by atoms with van der Waals surface area (Å²) in [5.74, 6) is 0.238. The first-order valence-electron chi connectivity index (χ1n) is 13.4. The van der Waals surface area contributed by atoms with Crippen LogP contribution >= 0.6 is 11.6 Å². The number of benzene rings is 3. The molecular weight excluding hydrogens is 496 g/mol. The molecule has 1 N–H and O–H groups in total. The van der Waals surface area contributed by atoms with E-state index in [0.717, 1.165) is 53.5 Å². The Bertz CT molecular complexity index is 1230. The second-order valence-electron chi connectivity index (χ2n) is 10.4. The van der Waals surface area contributed by atoms with Crippen molar-refractivity contribution in [2.45, 2.75) is 71.5 Å². The Morgan fingerprint density at radius 2 is 1.61 bits per heavy atom. The lowest BCUT2D eigenvalue weighted by Gasteiger charge is -2.32. The van der Waals surface area contributed by atoms with Gasteiger partial charge in [0.2, 0.25) is 5.91 Å². The third-order valence-electron chi connectivity index (χ3n) is 7.18. The molecule has 0 heterocycles. The first-order valence-corrected chi connectivity index (χ1v) is 13.8. The van der Waals surface area contributed by atoms with Crippen molar-refractivity contribution in [1.29, 1.82) is 0 Å². The summed E-state index contributed by atoms with van der Waals surface area (Å²) in [5, 5.41) is 3.93. The molecule has 38 heavy (non-hydrogen) atoms. The summed E-state index contributed by atoms with van der Waals surface area (Å²) in [4.78, 5) is 29.2. The van der Waals surface area contributed by atoms with Crippen LogP contribution < -0.4 is 10.1 Å². The molecule has 3 aromatic carbocycles. The summed E-state index contributed by atoms with van der Waals surface area (Å²) in [6.07, 6.45) is 4.63. The number of halogens is 1. The van der Waals surface area contributed by atoms with E-state index < -0.39 is 6.04 Å². The molecule has 0 bridgehead atoms. The molecule has 0 saturated heterocycles. The number of amides is 2. The van der Waals surface area contributed by atoms with Gasteiger partial charge in [-0.05, 0) is 68.0 Å². The molecule has 1 fully saturated rings. The molecule has 0 aliphatic heterocycles. The molecular formula is C32H37ClN2O3. The zero-order valence-corrected chi connectivity index (χ0v) is 23.3. The van der Waals surface area contributed by atoms with Gasteiger partial charge in [-0.15, -0.1) is 0 Å². The van der Waals surface area contributed by atoms with Crippen molar-refractivity contribution in [3.05, 3.63) is 99.6 Å². The number of ether oxygens (including phenoxy) is 1. The van der Waals surface area contributed by atoms with Crippen molar-refractivity contribution in [1.82, 2.24) is 10.2 Å². The fourth-order valence-corrected chi connectivity index (χ4v) is 5.26. The minimum Gasteiger partial charge on any atom is -0.484 e. The number of aryl methyl sites for hydroxylation is 3.